The zero-order valence-electron chi connectivity index (χ0n) is 25.5. The molecule has 0 amide bonds. The third-order valence-electron chi connectivity index (χ3n) is 8.59. The highest BCUT2D eigenvalue weighted by molar-refractivity contribution is 5.89. The zero-order valence-corrected chi connectivity index (χ0v) is 25.5. The number of hydrogen-bond acceptors (Lipinski definition) is 3. The summed E-state index contributed by atoms with van der Waals surface area (Å²) in [6, 6.07) is 0. The number of carbonyl (C=O) groups excluding carboxylic acids is 1. The van der Waals surface area contributed by atoms with Crippen LogP contribution in [0.1, 0.15) is 134 Å². The van der Waals surface area contributed by atoms with Gasteiger partial charge in [-0.15, -0.1) is 0 Å². The smallest absolute Gasteiger partial charge is 0.155 e. The first kappa shape index (κ1) is 32.4. The third-order valence-corrected chi connectivity index (χ3v) is 8.59. The van der Waals surface area contributed by atoms with Gasteiger partial charge in [-0.2, -0.15) is 0 Å². The van der Waals surface area contributed by atoms with Crippen LogP contribution >= 0.6 is 0 Å². The van der Waals surface area contributed by atoms with E-state index in [-0.39, 0.29) is 22.7 Å². The molecule has 1 unspecified atom stereocenters. The Labute approximate surface area is 218 Å². The number of ketones is 1. The molecule has 3 nitrogen and oxygen atoms in total. The van der Waals surface area contributed by atoms with Gasteiger partial charge >= 0.3 is 0 Å². The number of aliphatic hydroxyl groups is 1. The molecule has 0 aromatic carbocycles. The van der Waals surface area contributed by atoms with Crippen molar-refractivity contribution in [1.29, 1.82) is 0 Å². The van der Waals surface area contributed by atoms with Crippen LogP contribution in [0.3, 0.4) is 0 Å². The van der Waals surface area contributed by atoms with Gasteiger partial charge in [-0.25, -0.2) is 0 Å². The Kier molecular flexibility index (Phi) is 11.3. The van der Waals surface area contributed by atoms with Crippen LogP contribution in [0, 0.1) is 33.5 Å². The van der Waals surface area contributed by atoms with E-state index in [9.17, 15) is 9.90 Å². The second-order valence-corrected chi connectivity index (χ2v) is 14.9. The minimum atomic E-state index is -0.813. The molecule has 0 spiro atoms. The van der Waals surface area contributed by atoms with Gasteiger partial charge in [-0.3, -0.25) is 4.79 Å². The number of hydrogen-bond donors (Lipinski definition) is 1. The molecular weight excluding hydrogens is 432 g/mol. The fraction of sp³-hybridized carbons (Fsp3) is 0.906. The number of ether oxygens (including phenoxy) is 1. The molecule has 2 aliphatic carbocycles. The maximum atomic E-state index is 12.7. The summed E-state index contributed by atoms with van der Waals surface area (Å²) in [4.78, 5) is 12.7. The quantitative estimate of drug-likeness (QED) is 0.272. The van der Waals surface area contributed by atoms with E-state index in [4.69, 9.17) is 4.74 Å². The van der Waals surface area contributed by atoms with Gasteiger partial charge in [0.2, 0.25) is 0 Å². The molecule has 2 rings (SSSR count). The van der Waals surface area contributed by atoms with Crippen LogP contribution in [-0.4, -0.2) is 29.7 Å². The van der Waals surface area contributed by atoms with Gasteiger partial charge in [-0.1, -0.05) is 75.3 Å². The van der Waals surface area contributed by atoms with Gasteiger partial charge in [-0.05, 0) is 97.9 Å². The molecule has 0 bridgehead atoms. The lowest BCUT2D eigenvalue weighted by atomic mass is 9.57. The van der Waals surface area contributed by atoms with Gasteiger partial charge < -0.3 is 9.84 Å². The molecule has 0 aliphatic heterocycles. The van der Waals surface area contributed by atoms with Gasteiger partial charge in [0.1, 0.15) is 0 Å². The van der Waals surface area contributed by atoms with Crippen LogP contribution in [0.4, 0.5) is 0 Å². The Balaban J connectivity index is 0.00000298. The number of rotatable bonds is 8. The van der Waals surface area contributed by atoms with E-state index < -0.39 is 5.60 Å². The predicted molar refractivity (Wildman–Crippen MR) is 151 cm³/mol. The zero-order chi connectivity index (χ0) is 27.3. The topological polar surface area (TPSA) is 46.5 Å². The van der Waals surface area contributed by atoms with Gasteiger partial charge in [0.05, 0.1) is 11.7 Å². The van der Waals surface area contributed by atoms with Crippen molar-refractivity contribution in [2.75, 3.05) is 7.11 Å². The Morgan fingerprint density at radius 1 is 0.914 bits per heavy atom. The summed E-state index contributed by atoms with van der Waals surface area (Å²) in [5.74, 6) is 1.05. The van der Waals surface area contributed by atoms with E-state index in [1.807, 2.05) is 34.0 Å². The number of allylic oxidation sites excluding steroid dienone is 2. The molecule has 0 aromatic rings. The van der Waals surface area contributed by atoms with E-state index in [1.54, 1.807) is 0 Å². The highest BCUT2D eigenvalue weighted by atomic mass is 16.5. The van der Waals surface area contributed by atoms with Crippen molar-refractivity contribution in [3.63, 3.8) is 0 Å². The minimum absolute atomic E-state index is 0.0794. The van der Waals surface area contributed by atoms with Gasteiger partial charge in [0.15, 0.2) is 5.78 Å². The standard InChI is InChI=1S/C30H54O3.C2H6/c1-26(2)15-16-27(3,4)18-22(17-26)11-12-24(31)13-14-30(9,32)21-23-19-28(5,6)25(33-10)29(7,8)20-23;1-2/h11-12,22-23,25,32H,13-21H2,1-10H3;1-2H3/b12-11-;. The summed E-state index contributed by atoms with van der Waals surface area (Å²) < 4.78 is 5.87. The molecule has 0 aromatic heterocycles. The SMILES string of the molecule is CC.COC1C(C)(C)CC(CC(C)(O)CCC(=O)/C=C\C2CC(C)(C)CCC(C)(C)C2)CC1(C)C. The molecule has 2 fully saturated rings. The number of carbonyl (C=O) groups is 1. The minimum Gasteiger partial charge on any atom is -0.390 e. The van der Waals surface area contributed by atoms with Crippen LogP contribution in [0.5, 0.6) is 0 Å². The van der Waals surface area contributed by atoms with Crippen molar-refractivity contribution in [3.05, 3.63) is 12.2 Å². The van der Waals surface area contributed by atoms with Crippen LogP contribution in [0.25, 0.3) is 0 Å². The summed E-state index contributed by atoms with van der Waals surface area (Å²) in [7, 11) is 1.82. The van der Waals surface area contributed by atoms with E-state index >= 15 is 0 Å². The lowest BCUT2D eigenvalue weighted by Gasteiger charge is -2.52. The van der Waals surface area contributed by atoms with Crippen LogP contribution in [-0.2, 0) is 9.53 Å². The first-order valence-electron chi connectivity index (χ1n) is 14.3. The summed E-state index contributed by atoms with van der Waals surface area (Å²) >= 11 is 0. The molecule has 1 N–H and O–H groups in total. The highest BCUT2D eigenvalue weighted by Gasteiger charge is 2.48. The normalized spacial score (nSPS) is 29.5. The first-order valence-corrected chi connectivity index (χ1v) is 14.3. The van der Waals surface area contributed by atoms with Crippen molar-refractivity contribution in [2.45, 2.75) is 146 Å². The van der Waals surface area contributed by atoms with Crippen molar-refractivity contribution in [2.24, 2.45) is 33.5 Å². The van der Waals surface area contributed by atoms with Gasteiger partial charge in [0, 0.05) is 13.5 Å². The maximum absolute atomic E-state index is 12.7. The van der Waals surface area contributed by atoms with E-state index in [2.05, 4.69) is 61.5 Å². The average Bonchev–Trinajstić information content (AvgIpc) is 2.79. The lowest BCUT2D eigenvalue weighted by Crippen LogP contribution is -2.50. The monoisotopic (exact) mass is 492 g/mol. The molecule has 2 saturated carbocycles. The maximum Gasteiger partial charge on any atom is 0.155 e. The third kappa shape index (κ3) is 10.3. The van der Waals surface area contributed by atoms with Crippen molar-refractivity contribution >= 4 is 5.78 Å². The Morgan fingerprint density at radius 3 is 1.80 bits per heavy atom. The van der Waals surface area contributed by atoms with Crippen molar-refractivity contribution in [3.8, 4) is 0 Å². The van der Waals surface area contributed by atoms with E-state index in [0.29, 0.717) is 35.5 Å². The predicted octanol–water partition coefficient (Wildman–Crippen LogP) is 8.78. The molecule has 2 aliphatic rings. The fourth-order valence-electron chi connectivity index (χ4n) is 7.57. The summed E-state index contributed by atoms with van der Waals surface area (Å²) in [6.07, 6.45) is 12.8. The first-order chi connectivity index (χ1) is 15.9. The lowest BCUT2D eigenvalue weighted by molar-refractivity contribution is -0.128. The van der Waals surface area contributed by atoms with E-state index in [1.165, 1.54) is 12.8 Å². The molecule has 0 radical (unpaired) electrons. The van der Waals surface area contributed by atoms with Crippen molar-refractivity contribution < 1.29 is 14.6 Å². The summed E-state index contributed by atoms with van der Waals surface area (Å²) in [5, 5.41) is 11.2. The van der Waals surface area contributed by atoms with Gasteiger partial charge in [0.25, 0.3) is 0 Å². The Bertz CT molecular complexity index is 660. The highest BCUT2D eigenvalue weighted by Crippen LogP contribution is 2.52. The molecule has 0 heterocycles. The largest absolute Gasteiger partial charge is 0.390 e. The van der Waals surface area contributed by atoms with Crippen molar-refractivity contribution in [1.82, 2.24) is 0 Å². The second kappa shape index (κ2) is 12.2. The van der Waals surface area contributed by atoms with Crippen LogP contribution in [0.2, 0.25) is 0 Å². The Morgan fingerprint density at radius 2 is 1.37 bits per heavy atom. The summed E-state index contributed by atoms with van der Waals surface area (Å²) in [5.41, 5.74) is 0.0103. The van der Waals surface area contributed by atoms with Crippen LogP contribution in [0.15, 0.2) is 12.2 Å². The molecular formula is C32H60O3. The fourth-order valence-corrected chi connectivity index (χ4v) is 7.57. The molecule has 206 valence electrons. The molecule has 3 heteroatoms. The molecule has 1 atom stereocenters. The number of methoxy groups -OCH3 is 1. The summed E-state index contributed by atoms with van der Waals surface area (Å²) in [6.45, 7) is 24.5. The molecule has 0 saturated heterocycles. The average molecular weight is 493 g/mol. The molecule has 35 heavy (non-hydrogen) atoms. The second-order valence-electron chi connectivity index (χ2n) is 14.9. The van der Waals surface area contributed by atoms with Crippen LogP contribution < -0.4 is 0 Å². The van der Waals surface area contributed by atoms with E-state index in [0.717, 1.165) is 32.1 Å². The Hall–Kier alpha value is -0.670.